The van der Waals surface area contributed by atoms with E-state index in [1.54, 1.807) is 19.2 Å². The van der Waals surface area contributed by atoms with Gasteiger partial charge in [-0.3, -0.25) is 4.99 Å². The van der Waals surface area contributed by atoms with Gasteiger partial charge in [0.25, 0.3) is 0 Å². The quantitative estimate of drug-likeness (QED) is 0.514. The predicted octanol–water partition coefficient (Wildman–Crippen LogP) is 2.48. The first-order valence-corrected chi connectivity index (χ1v) is 10.9. The third-order valence-corrected chi connectivity index (χ3v) is 5.74. The van der Waals surface area contributed by atoms with Crippen LogP contribution >= 0.6 is 0 Å². The molecule has 0 bridgehead atoms. The van der Waals surface area contributed by atoms with Crippen LogP contribution < -0.4 is 15.4 Å². The third-order valence-electron chi connectivity index (χ3n) is 5.74. The first-order valence-electron chi connectivity index (χ1n) is 10.9. The van der Waals surface area contributed by atoms with Crippen LogP contribution in [0.1, 0.15) is 37.8 Å². The van der Waals surface area contributed by atoms with Crippen LogP contribution in [-0.4, -0.2) is 75.7 Å². The molecule has 1 aromatic carbocycles. The standard InChI is InChI=1S/C22H36FN5O/c1-17(19-7-8-21(20(23)15-19)29-16-18-5-6-18)26-22(24-2)25-9-12-28-11-4-10-27(3)13-14-28/h7-8,15,17-18H,4-6,9-14,16H2,1-3H3,(H2,24,25,26). The van der Waals surface area contributed by atoms with Gasteiger partial charge in [-0.1, -0.05) is 6.07 Å². The highest BCUT2D eigenvalue weighted by Crippen LogP contribution is 2.30. The average Bonchev–Trinajstić information content (AvgIpc) is 3.55. The van der Waals surface area contributed by atoms with Gasteiger partial charge in [0, 0.05) is 33.2 Å². The van der Waals surface area contributed by atoms with Gasteiger partial charge in [-0.15, -0.1) is 0 Å². The van der Waals surface area contributed by atoms with Crippen LogP contribution in [0.15, 0.2) is 23.2 Å². The Morgan fingerprint density at radius 2 is 2.10 bits per heavy atom. The number of guanidine groups is 1. The van der Waals surface area contributed by atoms with Crippen molar-refractivity contribution in [2.45, 2.75) is 32.2 Å². The van der Waals surface area contributed by atoms with Crippen LogP contribution in [0.25, 0.3) is 0 Å². The van der Waals surface area contributed by atoms with Crippen molar-refractivity contribution in [2.24, 2.45) is 10.9 Å². The Hall–Kier alpha value is -1.86. The fraction of sp³-hybridized carbons (Fsp3) is 0.682. The fourth-order valence-electron chi connectivity index (χ4n) is 3.53. The van der Waals surface area contributed by atoms with Gasteiger partial charge in [-0.25, -0.2) is 4.39 Å². The lowest BCUT2D eigenvalue weighted by molar-refractivity contribution is 0.280. The molecule has 1 aromatic rings. The molecule has 1 heterocycles. The van der Waals surface area contributed by atoms with E-state index in [1.807, 2.05) is 13.0 Å². The molecule has 1 saturated carbocycles. The summed E-state index contributed by atoms with van der Waals surface area (Å²) in [6.45, 7) is 8.99. The van der Waals surface area contributed by atoms with E-state index in [-0.39, 0.29) is 11.9 Å². The van der Waals surface area contributed by atoms with Crippen LogP contribution in [0, 0.1) is 11.7 Å². The summed E-state index contributed by atoms with van der Waals surface area (Å²) in [4.78, 5) is 9.19. The van der Waals surface area contributed by atoms with Crippen molar-refractivity contribution >= 4 is 5.96 Å². The molecule has 1 saturated heterocycles. The number of nitrogens with zero attached hydrogens (tertiary/aromatic N) is 3. The SMILES string of the molecule is CN=C(NCCN1CCCN(C)CC1)NC(C)c1ccc(OCC2CC2)c(F)c1. The minimum atomic E-state index is -0.300. The molecule has 6 nitrogen and oxygen atoms in total. The maximum Gasteiger partial charge on any atom is 0.191 e. The summed E-state index contributed by atoms with van der Waals surface area (Å²) in [5.74, 6) is 1.39. The largest absolute Gasteiger partial charge is 0.490 e. The monoisotopic (exact) mass is 405 g/mol. The second-order valence-electron chi connectivity index (χ2n) is 8.31. The second-order valence-corrected chi connectivity index (χ2v) is 8.31. The van der Waals surface area contributed by atoms with Gasteiger partial charge in [0.2, 0.25) is 0 Å². The zero-order valence-electron chi connectivity index (χ0n) is 18.1. The van der Waals surface area contributed by atoms with E-state index in [1.165, 1.54) is 25.8 Å². The molecule has 162 valence electrons. The molecule has 2 aliphatic rings. The van der Waals surface area contributed by atoms with E-state index in [9.17, 15) is 4.39 Å². The zero-order chi connectivity index (χ0) is 20.6. The molecule has 1 aliphatic carbocycles. The third kappa shape index (κ3) is 7.16. The lowest BCUT2D eigenvalue weighted by Gasteiger charge is -2.22. The molecule has 7 heteroatoms. The second kappa shape index (κ2) is 10.8. The van der Waals surface area contributed by atoms with Gasteiger partial charge in [0.15, 0.2) is 17.5 Å². The number of aliphatic imine (C=N–C) groups is 1. The maximum absolute atomic E-state index is 14.4. The van der Waals surface area contributed by atoms with Gasteiger partial charge in [0.05, 0.1) is 12.6 Å². The lowest BCUT2D eigenvalue weighted by atomic mass is 10.1. The Morgan fingerprint density at radius 1 is 1.28 bits per heavy atom. The number of hydrogen-bond donors (Lipinski definition) is 2. The summed E-state index contributed by atoms with van der Waals surface area (Å²) in [6, 6.07) is 5.16. The molecule has 29 heavy (non-hydrogen) atoms. The Bertz CT molecular complexity index is 679. The Kier molecular flexibility index (Phi) is 8.12. The summed E-state index contributed by atoms with van der Waals surface area (Å²) < 4.78 is 19.9. The molecule has 1 atom stereocenters. The van der Waals surface area contributed by atoms with E-state index in [4.69, 9.17) is 4.74 Å². The van der Waals surface area contributed by atoms with Crippen molar-refractivity contribution in [3.63, 3.8) is 0 Å². The van der Waals surface area contributed by atoms with E-state index in [2.05, 4.69) is 32.5 Å². The average molecular weight is 406 g/mol. The first kappa shape index (κ1) is 21.8. The lowest BCUT2D eigenvalue weighted by Crippen LogP contribution is -2.43. The van der Waals surface area contributed by atoms with Crippen molar-refractivity contribution in [3.8, 4) is 5.75 Å². The molecule has 2 N–H and O–H groups in total. The van der Waals surface area contributed by atoms with Crippen molar-refractivity contribution in [2.75, 3.05) is 60.0 Å². The highest BCUT2D eigenvalue weighted by molar-refractivity contribution is 5.80. The highest BCUT2D eigenvalue weighted by Gasteiger charge is 2.22. The number of rotatable bonds is 8. The summed E-state index contributed by atoms with van der Waals surface area (Å²) >= 11 is 0. The van der Waals surface area contributed by atoms with Gasteiger partial charge in [-0.2, -0.15) is 0 Å². The Morgan fingerprint density at radius 3 is 2.83 bits per heavy atom. The molecular formula is C22H36FN5O. The van der Waals surface area contributed by atoms with Crippen molar-refractivity contribution in [3.05, 3.63) is 29.6 Å². The molecule has 0 radical (unpaired) electrons. The van der Waals surface area contributed by atoms with Gasteiger partial charge in [-0.05, 0) is 69.9 Å². The van der Waals surface area contributed by atoms with Gasteiger partial charge < -0.3 is 25.2 Å². The smallest absolute Gasteiger partial charge is 0.191 e. The number of nitrogens with one attached hydrogen (secondary N) is 2. The molecule has 2 fully saturated rings. The van der Waals surface area contributed by atoms with Crippen LogP contribution in [0.2, 0.25) is 0 Å². The molecule has 0 spiro atoms. The van der Waals surface area contributed by atoms with Gasteiger partial charge >= 0.3 is 0 Å². The molecule has 0 amide bonds. The topological polar surface area (TPSA) is 52.1 Å². The highest BCUT2D eigenvalue weighted by atomic mass is 19.1. The molecular weight excluding hydrogens is 369 g/mol. The van der Waals surface area contributed by atoms with Crippen molar-refractivity contribution in [1.29, 1.82) is 0 Å². The molecule has 1 unspecified atom stereocenters. The number of benzene rings is 1. The van der Waals surface area contributed by atoms with Crippen molar-refractivity contribution in [1.82, 2.24) is 20.4 Å². The van der Waals surface area contributed by atoms with E-state index in [0.29, 0.717) is 18.3 Å². The summed E-state index contributed by atoms with van der Waals surface area (Å²) in [5.41, 5.74) is 0.875. The Balaban J connectivity index is 1.43. The normalized spacial score (nSPS) is 20.2. The Labute approximate surface area is 174 Å². The number of likely N-dealkylation sites (N-methyl/N-ethyl adjacent to an activating group) is 1. The number of halogens is 1. The summed E-state index contributed by atoms with van der Waals surface area (Å²) in [7, 11) is 3.95. The molecule has 3 rings (SSSR count). The van der Waals surface area contributed by atoms with E-state index < -0.39 is 0 Å². The van der Waals surface area contributed by atoms with Crippen LogP contribution in [0.3, 0.4) is 0 Å². The number of hydrogen-bond acceptors (Lipinski definition) is 4. The van der Waals surface area contributed by atoms with E-state index >= 15 is 0 Å². The van der Waals surface area contributed by atoms with Crippen LogP contribution in [0.5, 0.6) is 5.75 Å². The first-order chi connectivity index (χ1) is 14.0. The fourth-order valence-corrected chi connectivity index (χ4v) is 3.53. The van der Waals surface area contributed by atoms with Crippen LogP contribution in [0.4, 0.5) is 4.39 Å². The number of ether oxygens (including phenoxy) is 1. The zero-order valence-corrected chi connectivity index (χ0v) is 18.1. The predicted molar refractivity (Wildman–Crippen MR) is 116 cm³/mol. The van der Waals surface area contributed by atoms with Crippen molar-refractivity contribution < 1.29 is 9.13 Å². The maximum atomic E-state index is 14.4. The van der Waals surface area contributed by atoms with E-state index in [0.717, 1.165) is 44.2 Å². The molecule has 0 aromatic heterocycles. The minimum Gasteiger partial charge on any atom is -0.490 e. The molecule has 1 aliphatic heterocycles. The van der Waals surface area contributed by atoms with Gasteiger partial charge in [0.1, 0.15) is 0 Å². The van der Waals surface area contributed by atoms with Crippen LogP contribution in [-0.2, 0) is 0 Å². The summed E-state index contributed by atoms with van der Waals surface area (Å²) in [6.07, 6.45) is 3.61. The minimum absolute atomic E-state index is 0.0555. The summed E-state index contributed by atoms with van der Waals surface area (Å²) in [5, 5.41) is 6.73.